The van der Waals surface area contributed by atoms with Gasteiger partial charge in [-0.3, -0.25) is 0 Å². The van der Waals surface area contributed by atoms with Gasteiger partial charge in [-0.2, -0.15) is 0 Å². The van der Waals surface area contributed by atoms with Crippen LogP contribution >= 0.6 is 0 Å². The summed E-state index contributed by atoms with van der Waals surface area (Å²) >= 11 is 0. The average Bonchev–Trinajstić information content (AvgIpc) is 3.95. The van der Waals surface area contributed by atoms with Crippen LogP contribution in [0.5, 0.6) is 0 Å². The van der Waals surface area contributed by atoms with Crippen LogP contribution in [0.3, 0.4) is 0 Å². The topological polar surface area (TPSA) is 185 Å². The van der Waals surface area contributed by atoms with Crippen LogP contribution in [-0.4, -0.2) is 170 Å². The fourth-order valence-corrected chi connectivity index (χ4v) is 32.0. The Morgan fingerprint density at radius 1 is 0.552 bits per heavy atom. The molecule has 14 nitrogen and oxygen atoms in total. The van der Waals surface area contributed by atoms with Gasteiger partial charge in [-0.05, 0) is 111 Å². The highest BCUT2D eigenvalue weighted by atomic mass is 28.5. The van der Waals surface area contributed by atoms with Crippen molar-refractivity contribution in [2.75, 3.05) is 92.3 Å². The van der Waals surface area contributed by atoms with E-state index in [2.05, 4.69) is 154 Å². The molecule has 1 saturated heterocycles. The Morgan fingerprint density at radius 2 is 0.896 bits per heavy atom. The molecule has 1 fully saturated rings. The molecule has 0 aromatic heterocycles. The van der Waals surface area contributed by atoms with Crippen molar-refractivity contribution < 1.29 is 55.5 Å². The second-order valence-electron chi connectivity index (χ2n) is 24.3. The number of ether oxygens (including phenoxy) is 5. The zero-order valence-electron chi connectivity index (χ0n) is 47.0. The lowest BCUT2D eigenvalue weighted by atomic mass is 10.2. The summed E-state index contributed by atoms with van der Waals surface area (Å²) in [5.41, 5.74) is 5.06. The first-order chi connectivity index (χ1) is 29.8. The van der Waals surface area contributed by atoms with Gasteiger partial charge in [0, 0.05) is 32.8 Å². The number of nitrogens with one attached hydrogen (secondary N) is 1. The normalized spacial score (nSPS) is 16.1. The third-order valence-electron chi connectivity index (χ3n) is 13.5. The monoisotopic (exact) mass is 1070 g/mol. The van der Waals surface area contributed by atoms with E-state index in [9.17, 15) is 5.11 Å². The maximum Gasteiger partial charge on any atom is 0.314 e. The molecular formula is C47H114N2O12Si6. The van der Waals surface area contributed by atoms with Gasteiger partial charge in [-0.1, -0.05) is 90.5 Å². The first-order valence-electron chi connectivity index (χ1n) is 24.8. The molecule has 0 spiro atoms. The molecule has 0 radical (unpaired) electrons. The molecule has 0 bridgehead atoms. The highest BCUT2D eigenvalue weighted by Crippen LogP contribution is 2.45. The van der Waals surface area contributed by atoms with Gasteiger partial charge in [-0.25, -0.2) is 0 Å². The molecular weight excluding hydrogens is 953 g/mol. The molecule has 0 aromatic carbocycles. The number of aliphatic hydroxyl groups excluding tert-OH is 3. The first-order valence-corrected chi connectivity index (χ1v) is 41.5. The lowest BCUT2D eigenvalue weighted by molar-refractivity contribution is 0.0350. The Labute approximate surface area is 420 Å². The summed E-state index contributed by atoms with van der Waals surface area (Å²) in [5, 5.41) is 30.7. The van der Waals surface area contributed by atoms with Gasteiger partial charge < -0.3 is 66.5 Å². The smallest absolute Gasteiger partial charge is 0.314 e. The molecule has 1 aliphatic rings. The molecule has 0 aromatic rings. The molecule has 0 amide bonds. The summed E-state index contributed by atoms with van der Waals surface area (Å²) in [6.07, 6.45) is 1.64. The molecule has 2 atom stereocenters. The van der Waals surface area contributed by atoms with Gasteiger partial charge >= 0.3 is 17.1 Å². The van der Waals surface area contributed by atoms with Gasteiger partial charge in [0.1, 0.15) is 6.10 Å². The largest absolute Gasteiger partial charge is 0.436 e. The summed E-state index contributed by atoms with van der Waals surface area (Å²) in [7, 11) is -12.4. The summed E-state index contributed by atoms with van der Waals surface area (Å²) in [6, 6.07) is 1.89. The summed E-state index contributed by atoms with van der Waals surface area (Å²) in [4.78, 5) is 0. The predicted molar refractivity (Wildman–Crippen MR) is 297 cm³/mol. The minimum absolute atomic E-state index is 0. The number of hydrogen-bond acceptors (Lipinski definition) is 14. The fraction of sp³-hybridized carbons (Fsp3) is 1.00. The van der Waals surface area contributed by atoms with Crippen LogP contribution in [0.2, 0.25) is 97.7 Å². The number of aliphatic hydroxyl groups is 3. The quantitative estimate of drug-likeness (QED) is 0.0251. The second-order valence-corrected chi connectivity index (χ2v) is 51.2. The van der Waals surface area contributed by atoms with Crippen LogP contribution in [0.25, 0.3) is 0 Å². The van der Waals surface area contributed by atoms with Crippen molar-refractivity contribution in [3.05, 3.63) is 0 Å². The lowest BCUT2D eigenvalue weighted by Crippen LogP contribution is -2.58. The lowest BCUT2D eigenvalue weighted by Gasteiger charge is -2.48. The van der Waals surface area contributed by atoms with Gasteiger partial charge in [0.15, 0.2) is 33.3 Å². The van der Waals surface area contributed by atoms with Crippen LogP contribution < -0.4 is 11.1 Å². The molecule has 67 heavy (non-hydrogen) atoms. The summed E-state index contributed by atoms with van der Waals surface area (Å²) < 4.78 is 54.6. The van der Waals surface area contributed by atoms with E-state index in [4.69, 9.17) is 56.1 Å². The Hall–Kier alpha value is 0.741. The van der Waals surface area contributed by atoms with E-state index in [1.807, 2.05) is 0 Å². The maximum atomic E-state index is 10.1. The van der Waals surface area contributed by atoms with Crippen molar-refractivity contribution in [2.24, 2.45) is 5.73 Å². The highest BCUT2D eigenvalue weighted by molar-refractivity contribution is 6.91. The third kappa shape index (κ3) is 31.8. The van der Waals surface area contributed by atoms with Crippen molar-refractivity contribution in [3.8, 4) is 0 Å². The number of epoxide rings is 1. The van der Waals surface area contributed by atoms with Crippen LogP contribution in [0.15, 0.2) is 0 Å². The van der Waals surface area contributed by atoms with E-state index in [0.717, 1.165) is 44.8 Å². The fourth-order valence-electron chi connectivity index (χ4n) is 5.49. The molecule has 20 heteroatoms. The van der Waals surface area contributed by atoms with Crippen molar-refractivity contribution in [3.63, 3.8) is 0 Å². The zero-order chi connectivity index (χ0) is 52.0. The number of nitrogens with two attached hydrogens (primary N) is 1. The Kier molecular flexibility index (Phi) is 34.5. The second kappa shape index (κ2) is 32.1. The van der Waals surface area contributed by atoms with Crippen LogP contribution in [-0.2, 0) is 40.1 Å². The van der Waals surface area contributed by atoms with Crippen LogP contribution in [0.4, 0.5) is 0 Å². The van der Waals surface area contributed by atoms with E-state index in [0.29, 0.717) is 65.4 Å². The summed E-state index contributed by atoms with van der Waals surface area (Å²) in [6.45, 7) is 57.4. The van der Waals surface area contributed by atoms with Crippen molar-refractivity contribution >= 4 is 50.4 Å². The number of hydrogen-bond donors (Lipinski definition) is 5. The van der Waals surface area contributed by atoms with E-state index < -0.39 is 56.5 Å². The van der Waals surface area contributed by atoms with E-state index in [-0.39, 0.29) is 40.8 Å². The minimum Gasteiger partial charge on any atom is -0.436 e. The Balaban J connectivity index is -0.00000107. The standard InChI is InChI=1S/C23H55NO6Si3.C19H44O4Si3.C4H11NO2.CH4/c1-22(2,3)31(7,8)29-33(11,30-32(9,10)23(4,5)6)18-12-15-28-20-21(26)19-24-13-16-27-17-14-25;1-18(2,3)24(7,8)22-26(11,23-25(9,10)19(4,5)6)14-12-13-20-15-17-16-21-17;5-1-3-7-4-2-6;/h21,24-26H,12-20H2,1-11H3;17H,12-16H2,1-11H3;6H,1-5H2;1H4. The van der Waals surface area contributed by atoms with Crippen LogP contribution in [0.1, 0.15) is 103 Å². The molecule has 2 unspecified atom stereocenters. The SMILES string of the molecule is C.CC(C)(C)[Si](C)(C)O[Si](C)(CCCOCC(O)CNCCOCCO)O[Si](C)(C)C(C)(C)C.CC(C)(C)[Si](C)(C)O[Si](C)(CCCOCC1CO1)O[Si](C)(C)C(C)(C)C.NCCOCCO. The van der Waals surface area contributed by atoms with Crippen LogP contribution in [0, 0.1) is 0 Å². The minimum atomic E-state index is -2.42. The van der Waals surface area contributed by atoms with E-state index >= 15 is 0 Å². The third-order valence-corrected chi connectivity index (χ3v) is 45.5. The van der Waals surface area contributed by atoms with Crippen molar-refractivity contribution in [1.82, 2.24) is 5.32 Å². The summed E-state index contributed by atoms with van der Waals surface area (Å²) in [5.74, 6) is 0. The van der Waals surface area contributed by atoms with Crippen molar-refractivity contribution in [1.29, 1.82) is 0 Å². The van der Waals surface area contributed by atoms with E-state index in [1.54, 1.807) is 0 Å². The molecule has 0 aliphatic carbocycles. The van der Waals surface area contributed by atoms with Crippen molar-refractivity contribution in [2.45, 2.75) is 213 Å². The van der Waals surface area contributed by atoms with Gasteiger partial charge in [0.05, 0.1) is 65.6 Å². The Morgan fingerprint density at radius 3 is 1.21 bits per heavy atom. The molecule has 1 rings (SSSR count). The molecule has 408 valence electrons. The zero-order valence-corrected chi connectivity index (χ0v) is 53.0. The van der Waals surface area contributed by atoms with Gasteiger partial charge in [0.2, 0.25) is 0 Å². The molecule has 0 saturated carbocycles. The highest BCUT2D eigenvalue weighted by Gasteiger charge is 2.51. The molecule has 1 aliphatic heterocycles. The van der Waals surface area contributed by atoms with Gasteiger partial charge in [-0.15, -0.1) is 0 Å². The first kappa shape index (κ1) is 72.0. The predicted octanol–water partition coefficient (Wildman–Crippen LogP) is 9.97. The Bertz CT molecular complexity index is 1200. The number of rotatable bonds is 31. The van der Waals surface area contributed by atoms with E-state index in [1.165, 1.54) is 0 Å². The molecule has 6 N–H and O–H groups in total. The van der Waals surface area contributed by atoms with Gasteiger partial charge in [0.25, 0.3) is 0 Å². The average molecular weight is 1070 g/mol. The maximum absolute atomic E-state index is 10.1. The molecule has 1 heterocycles.